The fourth-order valence-electron chi connectivity index (χ4n) is 4.06. The molecule has 0 bridgehead atoms. The lowest BCUT2D eigenvalue weighted by molar-refractivity contribution is -0.137. The van der Waals surface area contributed by atoms with Crippen molar-refractivity contribution in [3.63, 3.8) is 0 Å². The Kier molecular flexibility index (Phi) is 6.07. The first kappa shape index (κ1) is 19.4. The van der Waals surface area contributed by atoms with E-state index in [2.05, 4.69) is 4.90 Å². The highest BCUT2D eigenvalue weighted by Crippen LogP contribution is 2.25. The minimum atomic E-state index is -0.485. The van der Waals surface area contributed by atoms with Gasteiger partial charge in [-0.2, -0.15) is 0 Å². The zero-order chi connectivity index (χ0) is 18.7. The molecule has 0 spiro atoms. The highest BCUT2D eigenvalue weighted by atomic mass is 16.6. The van der Waals surface area contributed by atoms with Crippen LogP contribution in [0, 0.1) is 5.92 Å². The van der Waals surface area contributed by atoms with Crippen molar-refractivity contribution < 1.29 is 19.1 Å². The molecule has 2 amide bonds. The van der Waals surface area contributed by atoms with E-state index in [4.69, 9.17) is 9.47 Å². The van der Waals surface area contributed by atoms with Crippen LogP contribution in [0.15, 0.2) is 0 Å². The van der Waals surface area contributed by atoms with Gasteiger partial charge in [0.1, 0.15) is 5.60 Å². The maximum Gasteiger partial charge on any atom is 0.410 e. The van der Waals surface area contributed by atoms with Gasteiger partial charge in [0.05, 0.1) is 5.92 Å². The molecule has 3 aliphatic rings. The SMILES string of the molecule is CC(C)(C)OC(=O)N1CCN(C(=O)C2CCN(C3CCOCC3)C2)CC1. The molecule has 148 valence electrons. The molecule has 0 saturated carbocycles. The molecule has 3 saturated heterocycles. The molecular weight excluding hydrogens is 334 g/mol. The predicted octanol–water partition coefficient (Wildman–Crippen LogP) is 1.57. The summed E-state index contributed by atoms with van der Waals surface area (Å²) < 4.78 is 10.9. The lowest BCUT2D eigenvalue weighted by Crippen LogP contribution is -2.53. The van der Waals surface area contributed by atoms with Gasteiger partial charge in [-0.15, -0.1) is 0 Å². The minimum absolute atomic E-state index is 0.103. The van der Waals surface area contributed by atoms with Crippen LogP contribution in [-0.2, 0) is 14.3 Å². The molecule has 3 aliphatic heterocycles. The van der Waals surface area contributed by atoms with Crippen molar-refractivity contribution in [1.29, 1.82) is 0 Å². The molecule has 26 heavy (non-hydrogen) atoms. The molecule has 0 aromatic rings. The highest BCUT2D eigenvalue weighted by molar-refractivity contribution is 5.80. The number of piperazine rings is 1. The molecule has 3 fully saturated rings. The quantitative estimate of drug-likeness (QED) is 0.741. The fourth-order valence-corrected chi connectivity index (χ4v) is 4.06. The van der Waals surface area contributed by atoms with Crippen molar-refractivity contribution in [3.8, 4) is 0 Å². The molecule has 0 N–H and O–H groups in total. The minimum Gasteiger partial charge on any atom is -0.444 e. The molecule has 0 aromatic heterocycles. The molecule has 0 radical (unpaired) electrons. The van der Waals surface area contributed by atoms with E-state index in [9.17, 15) is 9.59 Å². The molecule has 7 nitrogen and oxygen atoms in total. The molecule has 3 heterocycles. The van der Waals surface area contributed by atoms with Crippen LogP contribution in [0.5, 0.6) is 0 Å². The van der Waals surface area contributed by atoms with E-state index in [1.807, 2.05) is 25.7 Å². The Hall–Kier alpha value is -1.34. The monoisotopic (exact) mass is 367 g/mol. The largest absolute Gasteiger partial charge is 0.444 e. The van der Waals surface area contributed by atoms with E-state index in [-0.39, 0.29) is 17.9 Å². The zero-order valence-corrected chi connectivity index (χ0v) is 16.4. The summed E-state index contributed by atoms with van der Waals surface area (Å²) in [5, 5.41) is 0. The summed E-state index contributed by atoms with van der Waals surface area (Å²) in [6.45, 7) is 11.5. The summed E-state index contributed by atoms with van der Waals surface area (Å²) in [5.74, 6) is 0.356. The van der Waals surface area contributed by atoms with Crippen molar-refractivity contribution in [2.24, 2.45) is 5.92 Å². The summed E-state index contributed by atoms with van der Waals surface area (Å²) in [6, 6.07) is 0.575. The van der Waals surface area contributed by atoms with Gasteiger partial charge in [-0.25, -0.2) is 4.79 Å². The van der Waals surface area contributed by atoms with E-state index in [0.29, 0.717) is 32.2 Å². The van der Waals surface area contributed by atoms with E-state index < -0.39 is 5.60 Å². The number of amides is 2. The van der Waals surface area contributed by atoms with E-state index in [1.165, 1.54) is 0 Å². The van der Waals surface area contributed by atoms with Gasteiger partial charge in [0.25, 0.3) is 0 Å². The van der Waals surface area contributed by atoms with Crippen LogP contribution in [0.25, 0.3) is 0 Å². The number of likely N-dealkylation sites (tertiary alicyclic amines) is 1. The Morgan fingerprint density at radius 2 is 1.54 bits per heavy atom. The smallest absolute Gasteiger partial charge is 0.410 e. The van der Waals surface area contributed by atoms with E-state index >= 15 is 0 Å². The van der Waals surface area contributed by atoms with Gasteiger partial charge in [-0.1, -0.05) is 0 Å². The number of carbonyl (C=O) groups is 2. The van der Waals surface area contributed by atoms with Crippen LogP contribution in [-0.4, -0.2) is 90.8 Å². The third-order valence-electron chi connectivity index (χ3n) is 5.52. The van der Waals surface area contributed by atoms with Crippen molar-refractivity contribution in [2.45, 2.75) is 51.7 Å². The first-order chi connectivity index (χ1) is 12.3. The lowest BCUT2D eigenvalue weighted by Gasteiger charge is -2.36. The maximum absolute atomic E-state index is 12.9. The van der Waals surface area contributed by atoms with E-state index in [1.54, 1.807) is 4.90 Å². The van der Waals surface area contributed by atoms with Crippen LogP contribution in [0.1, 0.15) is 40.0 Å². The maximum atomic E-state index is 12.9. The first-order valence-corrected chi connectivity index (χ1v) is 9.92. The van der Waals surface area contributed by atoms with Gasteiger partial charge in [0.2, 0.25) is 5.91 Å². The Morgan fingerprint density at radius 3 is 2.15 bits per heavy atom. The second kappa shape index (κ2) is 8.13. The summed E-state index contributed by atoms with van der Waals surface area (Å²) in [4.78, 5) is 31.1. The third-order valence-corrected chi connectivity index (χ3v) is 5.52. The third kappa shape index (κ3) is 4.88. The van der Waals surface area contributed by atoms with Crippen molar-refractivity contribution in [1.82, 2.24) is 14.7 Å². The van der Waals surface area contributed by atoms with Gasteiger partial charge in [0.15, 0.2) is 0 Å². The molecule has 1 unspecified atom stereocenters. The molecule has 0 aromatic carbocycles. The normalized spacial score (nSPS) is 26.2. The Balaban J connectivity index is 1.44. The number of hydrogen-bond donors (Lipinski definition) is 0. The summed E-state index contributed by atoms with van der Waals surface area (Å²) in [5.41, 5.74) is -0.485. The molecular formula is C19H33N3O4. The number of hydrogen-bond acceptors (Lipinski definition) is 5. The second-order valence-corrected chi connectivity index (χ2v) is 8.62. The number of rotatable bonds is 2. The summed E-state index contributed by atoms with van der Waals surface area (Å²) in [7, 11) is 0. The Bertz CT molecular complexity index is 505. The average Bonchev–Trinajstić information content (AvgIpc) is 3.11. The average molecular weight is 367 g/mol. The lowest BCUT2D eigenvalue weighted by atomic mass is 10.1. The highest BCUT2D eigenvalue weighted by Gasteiger charge is 2.36. The van der Waals surface area contributed by atoms with E-state index in [0.717, 1.165) is 45.6 Å². The zero-order valence-electron chi connectivity index (χ0n) is 16.4. The number of ether oxygens (including phenoxy) is 2. The fraction of sp³-hybridized carbons (Fsp3) is 0.895. The van der Waals surface area contributed by atoms with Gasteiger partial charge >= 0.3 is 6.09 Å². The standard InChI is InChI=1S/C19H33N3O4/c1-19(2,3)26-18(24)21-10-8-20(9-11-21)17(23)15-4-7-22(14-15)16-5-12-25-13-6-16/h15-16H,4-14H2,1-3H3. The van der Waals surface area contributed by atoms with Gasteiger partial charge in [-0.3, -0.25) is 9.69 Å². The topological polar surface area (TPSA) is 62.3 Å². The van der Waals surface area contributed by atoms with Crippen molar-refractivity contribution >= 4 is 12.0 Å². The van der Waals surface area contributed by atoms with Crippen molar-refractivity contribution in [3.05, 3.63) is 0 Å². The van der Waals surface area contributed by atoms with Gasteiger partial charge in [0, 0.05) is 52.0 Å². The first-order valence-electron chi connectivity index (χ1n) is 9.92. The number of carbonyl (C=O) groups excluding carboxylic acids is 2. The van der Waals surface area contributed by atoms with Gasteiger partial charge < -0.3 is 19.3 Å². The van der Waals surface area contributed by atoms with Crippen LogP contribution in [0.4, 0.5) is 4.79 Å². The molecule has 0 aliphatic carbocycles. The van der Waals surface area contributed by atoms with Crippen LogP contribution in [0.3, 0.4) is 0 Å². The summed E-state index contributed by atoms with van der Waals surface area (Å²) >= 11 is 0. The van der Waals surface area contributed by atoms with Crippen LogP contribution < -0.4 is 0 Å². The van der Waals surface area contributed by atoms with Gasteiger partial charge in [-0.05, 0) is 46.6 Å². The van der Waals surface area contributed by atoms with Crippen molar-refractivity contribution in [2.75, 3.05) is 52.5 Å². The molecule has 7 heteroatoms. The molecule has 1 atom stereocenters. The number of nitrogens with zero attached hydrogens (tertiary/aromatic N) is 3. The van der Waals surface area contributed by atoms with Crippen LogP contribution >= 0.6 is 0 Å². The summed E-state index contributed by atoms with van der Waals surface area (Å²) in [6.07, 6.45) is 2.82. The van der Waals surface area contributed by atoms with Crippen LogP contribution in [0.2, 0.25) is 0 Å². The molecule has 3 rings (SSSR count). The Morgan fingerprint density at radius 1 is 0.923 bits per heavy atom. The predicted molar refractivity (Wildman–Crippen MR) is 97.9 cm³/mol. The second-order valence-electron chi connectivity index (χ2n) is 8.62. The Labute approximate surface area is 156 Å².